The molecule has 3 rings (SSSR count). The first kappa shape index (κ1) is 15.8. The molecule has 21 heavy (non-hydrogen) atoms. The van der Waals surface area contributed by atoms with E-state index in [1.165, 1.54) is 70.9 Å². The first-order valence-electron chi connectivity index (χ1n) is 9.36. The topological polar surface area (TPSA) is 24.5 Å². The van der Waals surface area contributed by atoms with E-state index in [1.54, 1.807) is 0 Å². The summed E-state index contributed by atoms with van der Waals surface area (Å²) in [5.74, 6) is 0. The van der Waals surface area contributed by atoms with Crippen LogP contribution in [0.3, 0.4) is 0 Å². The van der Waals surface area contributed by atoms with E-state index in [0.717, 1.165) is 6.54 Å². The maximum absolute atomic E-state index is 6.59. The van der Waals surface area contributed by atoms with Crippen LogP contribution in [0.1, 0.15) is 71.6 Å². The predicted octanol–water partition coefficient (Wildman–Crippen LogP) is 3.33. The quantitative estimate of drug-likeness (QED) is 0.864. The summed E-state index contributed by atoms with van der Waals surface area (Å²) in [5.41, 5.74) is 0.278. The van der Waals surface area contributed by atoms with Crippen molar-refractivity contribution < 1.29 is 4.74 Å². The first-order chi connectivity index (χ1) is 10.2. The van der Waals surface area contributed by atoms with Gasteiger partial charge in [0.2, 0.25) is 0 Å². The Kier molecular flexibility index (Phi) is 5.23. The van der Waals surface area contributed by atoms with Crippen LogP contribution < -0.4 is 5.32 Å². The molecule has 2 saturated heterocycles. The van der Waals surface area contributed by atoms with Crippen molar-refractivity contribution in [1.29, 1.82) is 0 Å². The average molecular weight is 294 g/mol. The molecule has 0 amide bonds. The lowest BCUT2D eigenvalue weighted by atomic mass is 9.83. The van der Waals surface area contributed by atoms with Gasteiger partial charge >= 0.3 is 0 Å². The molecule has 0 aromatic rings. The molecule has 122 valence electrons. The second-order valence-corrected chi connectivity index (χ2v) is 7.67. The Balaban J connectivity index is 1.55. The number of nitrogens with one attached hydrogen (secondary N) is 1. The average Bonchev–Trinajstić information content (AvgIpc) is 2.78. The molecule has 0 bridgehead atoms. The third kappa shape index (κ3) is 3.80. The lowest BCUT2D eigenvalue weighted by molar-refractivity contribution is -0.0744. The molecule has 3 unspecified atom stereocenters. The fourth-order valence-corrected chi connectivity index (χ4v) is 4.58. The van der Waals surface area contributed by atoms with Crippen LogP contribution in [0, 0.1) is 0 Å². The molecule has 3 aliphatic rings. The molecule has 1 N–H and O–H groups in total. The second kappa shape index (κ2) is 6.97. The number of ether oxygens (including phenoxy) is 1. The summed E-state index contributed by atoms with van der Waals surface area (Å²) < 4.78 is 6.59. The van der Waals surface area contributed by atoms with Gasteiger partial charge in [0.15, 0.2) is 0 Å². The van der Waals surface area contributed by atoms with Crippen molar-refractivity contribution in [3.63, 3.8) is 0 Å². The van der Waals surface area contributed by atoms with Gasteiger partial charge in [0.25, 0.3) is 0 Å². The Morgan fingerprint density at radius 1 is 1.14 bits per heavy atom. The zero-order valence-corrected chi connectivity index (χ0v) is 14.1. The van der Waals surface area contributed by atoms with Crippen molar-refractivity contribution in [3.8, 4) is 0 Å². The standard InChI is InChI=1S/C18H34N2O/c1-3-16-13-20(15(2)8-12-19-16)14-17-7-11-18(21-17)9-5-4-6-10-18/h15-17,19H,3-14H2,1-2H3. The summed E-state index contributed by atoms with van der Waals surface area (Å²) in [5, 5.41) is 3.69. The molecular weight excluding hydrogens is 260 g/mol. The van der Waals surface area contributed by atoms with E-state index in [-0.39, 0.29) is 5.60 Å². The molecule has 3 fully saturated rings. The van der Waals surface area contributed by atoms with Gasteiger partial charge in [0.05, 0.1) is 11.7 Å². The van der Waals surface area contributed by atoms with Gasteiger partial charge in [-0.1, -0.05) is 26.2 Å². The van der Waals surface area contributed by atoms with Crippen molar-refractivity contribution in [1.82, 2.24) is 10.2 Å². The van der Waals surface area contributed by atoms with Gasteiger partial charge in [-0.15, -0.1) is 0 Å². The molecule has 3 nitrogen and oxygen atoms in total. The van der Waals surface area contributed by atoms with Crippen LogP contribution in [0.15, 0.2) is 0 Å². The number of hydrogen-bond donors (Lipinski definition) is 1. The monoisotopic (exact) mass is 294 g/mol. The summed E-state index contributed by atoms with van der Waals surface area (Å²) >= 11 is 0. The van der Waals surface area contributed by atoms with Crippen molar-refractivity contribution in [3.05, 3.63) is 0 Å². The van der Waals surface area contributed by atoms with Crippen LogP contribution in [-0.4, -0.2) is 48.3 Å². The molecule has 0 radical (unpaired) electrons. The van der Waals surface area contributed by atoms with Crippen molar-refractivity contribution in [2.24, 2.45) is 0 Å². The van der Waals surface area contributed by atoms with Crippen molar-refractivity contribution in [2.75, 3.05) is 19.6 Å². The summed E-state index contributed by atoms with van der Waals surface area (Å²) in [6.45, 7) is 8.22. The molecule has 2 heterocycles. The van der Waals surface area contributed by atoms with Gasteiger partial charge < -0.3 is 10.1 Å². The third-order valence-corrected chi connectivity index (χ3v) is 6.11. The van der Waals surface area contributed by atoms with Crippen molar-refractivity contribution in [2.45, 2.75) is 95.4 Å². The minimum Gasteiger partial charge on any atom is -0.370 e. The SMILES string of the molecule is CCC1CN(CC2CCC3(CCCCC3)O2)C(C)CCN1. The minimum absolute atomic E-state index is 0.278. The van der Waals surface area contributed by atoms with E-state index < -0.39 is 0 Å². The zero-order valence-electron chi connectivity index (χ0n) is 14.1. The van der Waals surface area contributed by atoms with E-state index in [0.29, 0.717) is 18.2 Å². The van der Waals surface area contributed by atoms with Gasteiger partial charge in [0.1, 0.15) is 0 Å². The molecule has 0 aromatic carbocycles. The largest absolute Gasteiger partial charge is 0.370 e. The molecular formula is C18H34N2O. The molecule has 1 saturated carbocycles. The van der Waals surface area contributed by atoms with Crippen molar-refractivity contribution >= 4 is 0 Å². The van der Waals surface area contributed by atoms with Gasteiger partial charge in [-0.2, -0.15) is 0 Å². The minimum atomic E-state index is 0.278. The normalized spacial score (nSPS) is 37.7. The smallest absolute Gasteiger partial charge is 0.0710 e. The molecule has 2 aliphatic heterocycles. The van der Waals surface area contributed by atoms with Gasteiger partial charge in [0, 0.05) is 25.2 Å². The fourth-order valence-electron chi connectivity index (χ4n) is 4.58. The van der Waals surface area contributed by atoms with Crippen LogP contribution in [-0.2, 0) is 4.74 Å². The van der Waals surface area contributed by atoms with E-state index in [4.69, 9.17) is 4.74 Å². The van der Waals surface area contributed by atoms with E-state index in [2.05, 4.69) is 24.1 Å². The van der Waals surface area contributed by atoms with Gasteiger partial charge in [-0.05, 0) is 52.0 Å². The maximum Gasteiger partial charge on any atom is 0.0710 e. The highest BCUT2D eigenvalue weighted by Crippen LogP contribution is 2.42. The van der Waals surface area contributed by atoms with Crippen LogP contribution in [0.4, 0.5) is 0 Å². The molecule has 3 atom stereocenters. The molecule has 3 heteroatoms. The Bertz CT molecular complexity index is 327. The van der Waals surface area contributed by atoms with Gasteiger partial charge in [-0.3, -0.25) is 4.90 Å². The zero-order chi connectivity index (χ0) is 14.7. The first-order valence-corrected chi connectivity index (χ1v) is 9.36. The van der Waals surface area contributed by atoms with Crippen LogP contribution in [0.2, 0.25) is 0 Å². The number of nitrogens with zero attached hydrogens (tertiary/aromatic N) is 1. The van der Waals surface area contributed by atoms with Crippen LogP contribution >= 0.6 is 0 Å². The lowest BCUT2D eigenvalue weighted by Gasteiger charge is -2.35. The molecule has 1 spiro atoms. The highest BCUT2D eigenvalue weighted by Gasteiger charge is 2.41. The summed E-state index contributed by atoms with van der Waals surface area (Å²) in [4.78, 5) is 2.70. The number of rotatable bonds is 3. The third-order valence-electron chi connectivity index (χ3n) is 6.11. The lowest BCUT2D eigenvalue weighted by Crippen LogP contribution is -2.44. The van der Waals surface area contributed by atoms with E-state index in [1.807, 2.05) is 0 Å². The number of hydrogen-bond acceptors (Lipinski definition) is 3. The highest BCUT2D eigenvalue weighted by molar-refractivity contribution is 4.93. The Hall–Kier alpha value is -0.120. The van der Waals surface area contributed by atoms with Gasteiger partial charge in [-0.25, -0.2) is 0 Å². The summed E-state index contributed by atoms with van der Waals surface area (Å²) in [6.07, 6.45) is 12.4. The predicted molar refractivity (Wildman–Crippen MR) is 87.7 cm³/mol. The fraction of sp³-hybridized carbons (Fsp3) is 1.00. The van der Waals surface area contributed by atoms with Crippen LogP contribution in [0.25, 0.3) is 0 Å². The van der Waals surface area contributed by atoms with E-state index in [9.17, 15) is 0 Å². The second-order valence-electron chi connectivity index (χ2n) is 7.67. The Labute approximate surface area is 130 Å². The summed E-state index contributed by atoms with van der Waals surface area (Å²) in [7, 11) is 0. The summed E-state index contributed by atoms with van der Waals surface area (Å²) in [6, 6.07) is 1.36. The molecule has 0 aromatic heterocycles. The van der Waals surface area contributed by atoms with Crippen LogP contribution in [0.5, 0.6) is 0 Å². The highest BCUT2D eigenvalue weighted by atomic mass is 16.5. The Morgan fingerprint density at radius 2 is 1.95 bits per heavy atom. The Morgan fingerprint density at radius 3 is 2.71 bits per heavy atom. The van der Waals surface area contributed by atoms with E-state index >= 15 is 0 Å². The molecule has 1 aliphatic carbocycles. The maximum atomic E-state index is 6.59.